The average Bonchev–Trinajstić information content (AvgIpc) is 2.66. The molecule has 6 nitrogen and oxygen atoms in total. The monoisotopic (exact) mass is 373 g/mol. The Hall–Kier alpha value is -2.08. The minimum absolute atomic E-state index is 0.0800. The summed E-state index contributed by atoms with van der Waals surface area (Å²) < 4.78 is 0. The number of nitrogens with zero attached hydrogens (tertiary/aromatic N) is 2. The summed E-state index contributed by atoms with van der Waals surface area (Å²) in [5, 5.41) is 9.60. The standard InChI is InChI=1S/C21H35N5O/c1-21(2,3)17-8-6-16(7-9-17)14-24-20(23-5)25-18-10-12-26(13-11-18)15-19(27)22-4/h6-9,18H,10-15H2,1-5H3,(H,22,27)(H2,23,24,25). The Morgan fingerprint density at radius 3 is 2.33 bits per heavy atom. The predicted octanol–water partition coefficient (Wildman–Crippen LogP) is 1.86. The summed E-state index contributed by atoms with van der Waals surface area (Å²) in [6.45, 7) is 9.77. The minimum Gasteiger partial charge on any atom is -0.358 e. The molecule has 0 radical (unpaired) electrons. The van der Waals surface area contributed by atoms with Gasteiger partial charge in [0.1, 0.15) is 0 Å². The fraction of sp³-hybridized carbons (Fsp3) is 0.619. The molecule has 1 aliphatic heterocycles. The van der Waals surface area contributed by atoms with E-state index in [0.29, 0.717) is 12.6 Å². The van der Waals surface area contributed by atoms with Crippen molar-refractivity contribution in [3.8, 4) is 0 Å². The number of benzene rings is 1. The Bertz CT molecular complexity index is 625. The molecule has 1 fully saturated rings. The molecule has 0 saturated carbocycles. The molecule has 0 aromatic heterocycles. The van der Waals surface area contributed by atoms with Gasteiger partial charge in [0.25, 0.3) is 0 Å². The molecular formula is C21H35N5O. The third-order valence-electron chi connectivity index (χ3n) is 5.08. The molecule has 27 heavy (non-hydrogen) atoms. The van der Waals surface area contributed by atoms with Crippen molar-refractivity contribution in [3.05, 3.63) is 35.4 Å². The van der Waals surface area contributed by atoms with Crippen LogP contribution in [0.1, 0.15) is 44.7 Å². The van der Waals surface area contributed by atoms with E-state index in [9.17, 15) is 4.79 Å². The van der Waals surface area contributed by atoms with E-state index < -0.39 is 0 Å². The quantitative estimate of drug-likeness (QED) is 0.544. The predicted molar refractivity (Wildman–Crippen MR) is 112 cm³/mol. The normalized spacial score (nSPS) is 16.9. The molecule has 1 saturated heterocycles. The second kappa shape index (κ2) is 9.74. The summed E-state index contributed by atoms with van der Waals surface area (Å²) >= 11 is 0. The van der Waals surface area contributed by atoms with Gasteiger partial charge in [0.15, 0.2) is 5.96 Å². The van der Waals surface area contributed by atoms with Crippen LogP contribution >= 0.6 is 0 Å². The van der Waals surface area contributed by atoms with Gasteiger partial charge in [0.05, 0.1) is 6.54 Å². The Balaban J connectivity index is 1.77. The molecule has 150 valence electrons. The molecule has 0 spiro atoms. The number of likely N-dealkylation sites (N-methyl/N-ethyl adjacent to an activating group) is 1. The van der Waals surface area contributed by atoms with E-state index in [-0.39, 0.29) is 11.3 Å². The first kappa shape index (κ1) is 21.2. The molecule has 1 aromatic rings. The van der Waals surface area contributed by atoms with Gasteiger partial charge in [0.2, 0.25) is 5.91 Å². The number of likely N-dealkylation sites (tertiary alicyclic amines) is 1. The first-order valence-electron chi connectivity index (χ1n) is 9.81. The van der Waals surface area contributed by atoms with Crippen molar-refractivity contribution in [1.29, 1.82) is 0 Å². The smallest absolute Gasteiger partial charge is 0.233 e. The van der Waals surface area contributed by atoms with Crippen LogP contribution in [0.4, 0.5) is 0 Å². The Morgan fingerprint density at radius 2 is 1.81 bits per heavy atom. The first-order valence-corrected chi connectivity index (χ1v) is 9.81. The number of nitrogens with one attached hydrogen (secondary N) is 3. The van der Waals surface area contributed by atoms with Crippen molar-refractivity contribution in [2.45, 2.75) is 51.6 Å². The summed E-state index contributed by atoms with van der Waals surface area (Å²) in [5.74, 6) is 0.913. The van der Waals surface area contributed by atoms with Crippen molar-refractivity contribution in [1.82, 2.24) is 20.9 Å². The highest BCUT2D eigenvalue weighted by atomic mass is 16.1. The van der Waals surface area contributed by atoms with Crippen LogP contribution in [0.3, 0.4) is 0 Å². The second-order valence-corrected chi connectivity index (χ2v) is 8.24. The first-order chi connectivity index (χ1) is 12.8. The van der Waals surface area contributed by atoms with Crippen LogP contribution in [0.2, 0.25) is 0 Å². The maximum Gasteiger partial charge on any atom is 0.233 e. The lowest BCUT2D eigenvalue weighted by molar-refractivity contribution is -0.122. The van der Waals surface area contributed by atoms with Crippen LogP contribution in [0.15, 0.2) is 29.3 Å². The van der Waals surface area contributed by atoms with Crippen LogP contribution in [0, 0.1) is 0 Å². The molecule has 0 atom stereocenters. The van der Waals surface area contributed by atoms with Gasteiger partial charge in [-0.05, 0) is 29.4 Å². The number of rotatable bonds is 5. The number of carbonyl (C=O) groups excluding carboxylic acids is 1. The zero-order chi connectivity index (χ0) is 19.9. The molecule has 1 amide bonds. The molecule has 0 bridgehead atoms. The molecule has 3 N–H and O–H groups in total. The number of piperidine rings is 1. The van der Waals surface area contributed by atoms with Crippen LogP contribution in [-0.4, -0.2) is 56.5 Å². The van der Waals surface area contributed by atoms with E-state index in [4.69, 9.17) is 0 Å². The van der Waals surface area contributed by atoms with Crippen LogP contribution in [-0.2, 0) is 16.8 Å². The Morgan fingerprint density at radius 1 is 1.19 bits per heavy atom. The third kappa shape index (κ3) is 6.86. The van der Waals surface area contributed by atoms with Crippen LogP contribution < -0.4 is 16.0 Å². The zero-order valence-electron chi connectivity index (χ0n) is 17.4. The molecule has 1 aliphatic rings. The summed E-state index contributed by atoms with van der Waals surface area (Å²) in [4.78, 5) is 18.0. The van der Waals surface area contributed by atoms with Crippen molar-refractivity contribution in [2.75, 3.05) is 33.7 Å². The van der Waals surface area contributed by atoms with Gasteiger partial charge in [-0.15, -0.1) is 0 Å². The van der Waals surface area contributed by atoms with Crippen molar-refractivity contribution in [2.24, 2.45) is 4.99 Å². The number of aliphatic imine (C=N–C) groups is 1. The lowest BCUT2D eigenvalue weighted by Gasteiger charge is -2.32. The minimum atomic E-state index is 0.0800. The molecule has 2 rings (SSSR count). The highest BCUT2D eigenvalue weighted by Gasteiger charge is 2.21. The van der Waals surface area contributed by atoms with Gasteiger partial charge in [-0.25, -0.2) is 0 Å². The lowest BCUT2D eigenvalue weighted by atomic mass is 9.87. The molecule has 6 heteroatoms. The van der Waals surface area contributed by atoms with E-state index >= 15 is 0 Å². The highest BCUT2D eigenvalue weighted by Crippen LogP contribution is 2.22. The maximum absolute atomic E-state index is 11.5. The fourth-order valence-electron chi connectivity index (χ4n) is 3.21. The van der Waals surface area contributed by atoms with E-state index in [1.165, 1.54) is 11.1 Å². The summed E-state index contributed by atoms with van der Waals surface area (Å²) in [5.41, 5.74) is 2.76. The largest absolute Gasteiger partial charge is 0.358 e. The highest BCUT2D eigenvalue weighted by molar-refractivity contribution is 5.80. The molecule has 1 aromatic carbocycles. The Labute approximate surface area is 163 Å². The third-order valence-corrected chi connectivity index (χ3v) is 5.08. The molecule has 0 unspecified atom stereocenters. The summed E-state index contributed by atoms with van der Waals surface area (Å²) in [6.07, 6.45) is 2.02. The van der Waals surface area contributed by atoms with E-state index in [1.807, 2.05) is 0 Å². The lowest BCUT2D eigenvalue weighted by Crippen LogP contribution is -2.49. The van der Waals surface area contributed by atoms with Gasteiger partial charge < -0.3 is 16.0 Å². The topological polar surface area (TPSA) is 68.8 Å². The zero-order valence-corrected chi connectivity index (χ0v) is 17.4. The van der Waals surface area contributed by atoms with Gasteiger partial charge in [-0.2, -0.15) is 0 Å². The fourth-order valence-corrected chi connectivity index (χ4v) is 3.21. The molecule has 1 heterocycles. The Kier molecular flexibility index (Phi) is 7.66. The van der Waals surface area contributed by atoms with E-state index in [2.05, 4.69) is 70.9 Å². The number of guanidine groups is 1. The summed E-state index contributed by atoms with van der Waals surface area (Å²) in [7, 11) is 3.49. The van der Waals surface area contributed by atoms with Gasteiger partial charge in [-0.1, -0.05) is 45.0 Å². The van der Waals surface area contributed by atoms with Gasteiger partial charge in [-0.3, -0.25) is 14.7 Å². The van der Waals surface area contributed by atoms with Crippen molar-refractivity contribution < 1.29 is 4.79 Å². The van der Waals surface area contributed by atoms with Crippen molar-refractivity contribution >= 4 is 11.9 Å². The number of amides is 1. The maximum atomic E-state index is 11.5. The van der Waals surface area contributed by atoms with Crippen molar-refractivity contribution in [3.63, 3.8) is 0 Å². The number of carbonyl (C=O) groups is 1. The van der Waals surface area contributed by atoms with E-state index in [0.717, 1.165) is 38.4 Å². The average molecular weight is 374 g/mol. The van der Waals surface area contributed by atoms with Crippen LogP contribution in [0.25, 0.3) is 0 Å². The number of hydrogen-bond donors (Lipinski definition) is 3. The van der Waals surface area contributed by atoms with Crippen LogP contribution in [0.5, 0.6) is 0 Å². The number of hydrogen-bond acceptors (Lipinski definition) is 3. The van der Waals surface area contributed by atoms with Gasteiger partial charge in [0, 0.05) is 39.8 Å². The molecular weight excluding hydrogens is 338 g/mol. The summed E-state index contributed by atoms with van der Waals surface area (Å²) in [6, 6.07) is 9.15. The van der Waals surface area contributed by atoms with Gasteiger partial charge >= 0.3 is 0 Å². The SMILES string of the molecule is CN=C(NCc1ccc(C(C)(C)C)cc1)NC1CCN(CC(=O)NC)CC1. The molecule has 0 aliphatic carbocycles. The van der Waals surface area contributed by atoms with E-state index in [1.54, 1.807) is 14.1 Å². The second-order valence-electron chi connectivity index (χ2n) is 8.24.